The highest BCUT2D eigenvalue weighted by molar-refractivity contribution is 7.08. The van der Waals surface area contributed by atoms with Crippen molar-refractivity contribution in [2.75, 3.05) is 0 Å². The van der Waals surface area contributed by atoms with Gasteiger partial charge in [0.1, 0.15) is 0 Å². The molecule has 0 aliphatic carbocycles. The van der Waals surface area contributed by atoms with Crippen LogP contribution in [0.25, 0.3) is 11.3 Å². The van der Waals surface area contributed by atoms with Crippen molar-refractivity contribution < 1.29 is 4.79 Å². The Morgan fingerprint density at radius 1 is 1.48 bits per heavy atom. The molecule has 3 aromatic heterocycles. The van der Waals surface area contributed by atoms with Gasteiger partial charge in [0.2, 0.25) is 0 Å². The Morgan fingerprint density at radius 3 is 3.00 bits per heavy atom. The Bertz CT molecular complexity index is 741. The monoisotopic (exact) mass is 300 g/mol. The minimum Gasteiger partial charge on any atom is -0.357 e. The molecule has 6 heteroatoms. The lowest BCUT2D eigenvalue weighted by Gasteiger charge is -2.12. The van der Waals surface area contributed by atoms with Gasteiger partial charge < -0.3 is 9.88 Å². The molecule has 3 aromatic rings. The lowest BCUT2D eigenvalue weighted by atomic mass is 10.1. The molecular formula is C15H16N4OS. The molecule has 0 aromatic carbocycles. The number of nitrogens with one attached hydrogen (secondary N) is 2. The molecule has 0 aliphatic heterocycles. The van der Waals surface area contributed by atoms with Crippen LogP contribution in [0, 0.1) is 0 Å². The maximum absolute atomic E-state index is 12.4. The fourth-order valence-corrected chi connectivity index (χ4v) is 2.87. The molecule has 0 spiro atoms. The van der Waals surface area contributed by atoms with Crippen LogP contribution in [-0.2, 0) is 7.05 Å². The van der Waals surface area contributed by atoms with Crippen LogP contribution < -0.4 is 5.32 Å². The van der Waals surface area contributed by atoms with Crippen molar-refractivity contribution in [3.63, 3.8) is 0 Å². The van der Waals surface area contributed by atoms with E-state index in [9.17, 15) is 4.79 Å². The van der Waals surface area contributed by atoms with Gasteiger partial charge >= 0.3 is 0 Å². The summed E-state index contributed by atoms with van der Waals surface area (Å²) < 4.78 is 1.96. The highest BCUT2D eigenvalue weighted by Gasteiger charge is 2.18. The first-order chi connectivity index (χ1) is 10.1. The number of hydrogen-bond acceptors (Lipinski definition) is 3. The SMILES string of the molecule is CC(NC(=O)c1cn[nH]c1-c1ccsc1)c1ccn(C)c1. The second kappa shape index (κ2) is 5.57. The van der Waals surface area contributed by atoms with Crippen molar-refractivity contribution in [2.45, 2.75) is 13.0 Å². The number of hydrogen-bond donors (Lipinski definition) is 2. The second-order valence-electron chi connectivity index (χ2n) is 4.98. The van der Waals surface area contributed by atoms with E-state index in [4.69, 9.17) is 0 Å². The van der Waals surface area contributed by atoms with E-state index in [-0.39, 0.29) is 11.9 Å². The van der Waals surface area contributed by atoms with E-state index < -0.39 is 0 Å². The number of carbonyl (C=O) groups is 1. The normalized spacial score (nSPS) is 12.3. The molecule has 3 heterocycles. The number of aromatic amines is 1. The molecule has 1 amide bonds. The fraction of sp³-hybridized carbons (Fsp3) is 0.200. The molecule has 0 radical (unpaired) electrons. The zero-order valence-electron chi connectivity index (χ0n) is 11.8. The summed E-state index contributed by atoms with van der Waals surface area (Å²) in [5.41, 5.74) is 3.38. The number of thiophene rings is 1. The van der Waals surface area contributed by atoms with E-state index in [2.05, 4.69) is 15.5 Å². The summed E-state index contributed by atoms with van der Waals surface area (Å²) >= 11 is 1.59. The second-order valence-corrected chi connectivity index (χ2v) is 5.76. The van der Waals surface area contributed by atoms with Gasteiger partial charge in [-0.1, -0.05) is 0 Å². The van der Waals surface area contributed by atoms with Crippen LogP contribution in [0.3, 0.4) is 0 Å². The number of aryl methyl sites for hydroxylation is 1. The zero-order valence-corrected chi connectivity index (χ0v) is 12.6. The maximum Gasteiger partial charge on any atom is 0.255 e. The van der Waals surface area contributed by atoms with Crippen LogP contribution in [-0.4, -0.2) is 20.7 Å². The third-order valence-corrected chi connectivity index (χ3v) is 4.08. The topological polar surface area (TPSA) is 62.7 Å². The quantitative estimate of drug-likeness (QED) is 0.778. The Kier molecular flexibility index (Phi) is 3.62. The van der Waals surface area contributed by atoms with Gasteiger partial charge in [0, 0.05) is 30.4 Å². The van der Waals surface area contributed by atoms with Gasteiger partial charge in [0.05, 0.1) is 23.5 Å². The van der Waals surface area contributed by atoms with Gasteiger partial charge in [0.25, 0.3) is 5.91 Å². The molecule has 0 fully saturated rings. The van der Waals surface area contributed by atoms with E-state index in [1.165, 1.54) is 0 Å². The average Bonchev–Trinajstić information content (AvgIpc) is 3.19. The van der Waals surface area contributed by atoms with Crippen LogP contribution in [0.2, 0.25) is 0 Å². The average molecular weight is 300 g/mol. The summed E-state index contributed by atoms with van der Waals surface area (Å²) in [7, 11) is 1.96. The standard InChI is InChI=1S/C15H16N4OS/c1-10(11-3-5-19(2)8-11)17-15(20)13-7-16-18-14(13)12-4-6-21-9-12/h3-10H,1-2H3,(H,16,18)(H,17,20). The molecule has 1 unspecified atom stereocenters. The van der Waals surface area contributed by atoms with E-state index >= 15 is 0 Å². The first-order valence-corrected chi connectivity index (χ1v) is 7.58. The number of carbonyl (C=O) groups excluding carboxylic acids is 1. The first-order valence-electron chi connectivity index (χ1n) is 6.64. The fourth-order valence-electron chi connectivity index (χ4n) is 2.22. The van der Waals surface area contributed by atoms with Crippen molar-refractivity contribution in [2.24, 2.45) is 7.05 Å². The minimum absolute atomic E-state index is 0.0519. The van der Waals surface area contributed by atoms with Gasteiger partial charge in [-0.25, -0.2) is 0 Å². The van der Waals surface area contributed by atoms with Crippen molar-refractivity contribution in [3.8, 4) is 11.3 Å². The molecular weight excluding hydrogens is 284 g/mol. The summed E-state index contributed by atoms with van der Waals surface area (Å²) in [6.07, 6.45) is 5.53. The molecule has 21 heavy (non-hydrogen) atoms. The van der Waals surface area contributed by atoms with Crippen LogP contribution in [0.1, 0.15) is 28.9 Å². The van der Waals surface area contributed by atoms with E-state index in [1.54, 1.807) is 17.5 Å². The summed E-state index contributed by atoms with van der Waals surface area (Å²) in [6, 6.07) is 3.92. The van der Waals surface area contributed by atoms with Crippen molar-refractivity contribution in [1.82, 2.24) is 20.1 Å². The summed E-state index contributed by atoms with van der Waals surface area (Å²) in [5.74, 6) is -0.124. The Hall–Kier alpha value is -2.34. The predicted octanol–water partition coefficient (Wildman–Crippen LogP) is 2.97. The van der Waals surface area contributed by atoms with Gasteiger partial charge in [-0.15, -0.1) is 0 Å². The molecule has 0 saturated heterocycles. The molecule has 108 valence electrons. The lowest BCUT2D eigenvalue weighted by molar-refractivity contribution is 0.0940. The van der Waals surface area contributed by atoms with Gasteiger partial charge in [-0.05, 0) is 30.0 Å². The minimum atomic E-state index is -0.124. The summed E-state index contributed by atoms with van der Waals surface area (Å²) in [6.45, 7) is 1.97. The molecule has 5 nitrogen and oxygen atoms in total. The maximum atomic E-state index is 12.4. The number of nitrogens with zero attached hydrogens (tertiary/aromatic N) is 2. The third-order valence-electron chi connectivity index (χ3n) is 3.40. The summed E-state index contributed by atoms with van der Waals surface area (Å²) in [5, 5.41) is 13.9. The lowest BCUT2D eigenvalue weighted by Crippen LogP contribution is -2.26. The largest absolute Gasteiger partial charge is 0.357 e. The number of aromatic nitrogens is 3. The molecule has 0 saturated carbocycles. The summed E-state index contributed by atoms with van der Waals surface area (Å²) in [4.78, 5) is 12.4. The van der Waals surface area contributed by atoms with Crippen LogP contribution in [0.4, 0.5) is 0 Å². The molecule has 1 atom stereocenters. The van der Waals surface area contributed by atoms with Crippen molar-refractivity contribution >= 4 is 17.2 Å². The Balaban J connectivity index is 1.79. The molecule has 0 bridgehead atoms. The van der Waals surface area contributed by atoms with E-state index in [0.717, 1.165) is 16.8 Å². The Morgan fingerprint density at radius 2 is 2.33 bits per heavy atom. The van der Waals surface area contributed by atoms with Gasteiger partial charge in [-0.2, -0.15) is 16.4 Å². The first kappa shape index (κ1) is 13.6. The molecule has 3 rings (SSSR count). The molecule has 2 N–H and O–H groups in total. The highest BCUT2D eigenvalue weighted by Crippen LogP contribution is 2.24. The smallest absolute Gasteiger partial charge is 0.255 e. The van der Waals surface area contributed by atoms with Crippen molar-refractivity contribution in [3.05, 3.63) is 52.6 Å². The predicted molar refractivity (Wildman–Crippen MR) is 83.2 cm³/mol. The van der Waals surface area contributed by atoms with Crippen LogP contribution >= 0.6 is 11.3 Å². The van der Waals surface area contributed by atoms with Crippen LogP contribution in [0.5, 0.6) is 0 Å². The number of rotatable bonds is 4. The van der Waals surface area contributed by atoms with Gasteiger partial charge in [-0.3, -0.25) is 9.89 Å². The van der Waals surface area contributed by atoms with Crippen LogP contribution in [0.15, 0.2) is 41.5 Å². The third kappa shape index (κ3) is 2.75. The van der Waals surface area contributed by atoms with E-state index in [1.807, 2.05) is 53.8 Å². The number of amides is 1. The zero-order chi connectivity index (χ0) is 14.8. The van der Waals surface area contributed by atoms with Gasteiger partial charge in [0.15, 0.2) is 0 Å². The van der Waals surface area contributed by atoms with E-state index in [0.29, 0.717) is 5.56 Å². The number of H-pyrrole nitrogens is 1. The highest BCUT2D eigenvalue weighted by atomic mass is 32.1. The Labute approximate surface area is 126 Å². The molecule has 0 aliphatic rings. The van der Waals surface area contributed by atoms with Crippen molar-refractivity contribution in [1.29, 1.82) is 0 Å².